The van der Waals surface area contributed by atoms with Crippen molar-refractivity contribution in [3.63, 3.8) is 0 Å². The lowest BCUT2D eigenvalue weighted by atomic mass is 10.0. The van der Waals surface area contributed by atoms with E-state index in [4.69, 9.17) is 9.47 Å². The maximum absolute atomic E-state index is 12.9. The number of carbonyl (C=O) groups is 1. The van der Waals surface area contributed by atoms with E-state index in [-0.39, 0.29) is 5.91 Å². The molecule has 140 valence electrons. The van der Waals surface area contributed by atoms with Crippen LogP contribution in [-0.2, 0) is 0 Å². The number of aryl methyl sites for hydroxylation is 3. The molecule has 0 saturated carbocycles. The van der Waals surface area contributed by atoms with Crippen molar-refractivity contribution in [2.24, 2.45) is 0 Å². The van der Waals surface area contributed by atoms with Crippen molar-refractivity contribution >= 4 is 11.6 Å². The van der Waals surface area contributed by atoms with E-state index in [1.54, 1.807) is 32.4 Å². The van der Waals surface area contributed by atoms with Gasteiger partial charge in [0.2, 0.25) is 0 Å². The monoisotopic (exact) mass is 365 g/mol. The number of nitrogens with zero attached hydrogens (tertiary/aromatic N) is 1. The third kappa shape index (κ3) is 3.79. The lowest BCUT2D eigenvalue weighted by Gasteiger charge is -2.11. The SMILES string of the molecule is COc1cc(OC)cc(C(=O)Nc2c(-c3ccc(C)cc3C)n[nH]c2C)c1. The Kier molecular flexibility index (Phi) is 5.16. The number of carbonyl (C=O) groups excluding carboxylic acids is 1. The summed E-state index contributed by atoms with van der Waals surface area (Å²) >= 11 is 0. The lowest BCUT2D eigenvalue weighted by molar-refractivity contribution is 0.102. The first-order chi connectivity index (χ1) is 12.9. The molecule has 3 rings (SSSR count). The predicted molar refractivity (Wildman–Crippen MR) is 106 cm³/mol. The van der Waals surface area contributed by atoms with E-state index in [1.165, 1.54) is 5.56 Å². The van der Waals surface area contributed by atoms with E-state index in [2.05, 4.69) is 21.6 Å². The number of H-pyrrole nitrogens is 1. The number of rotatable bonds is 5. The number of nitrogens with one attached hydrogen (secondary N) is 2. The molecule has 0 radical (unpaired) electrons. The van der Waals surface area contributed by atoms with Gasteiger partial charge < -0.3 is 14.8 Å². The van der Waals surface area contributed by atoms with Crippen molar-refractivity contribution < 1.29 is 14.3 Å². The summed E-state index contributed by atoms with van der Waals surface area (Å²) in [6, 6.07) is 11.2. The highest BCUT2D eigenvalue weighted by molar-refractivity contribution is 6.07. The van der Waals surface area contributed by atoms with Crippen molar-refractivity contribution in [3.05, 3.63) is 58.8 Å². The van der Waals surface area contributed by atoms with Gasteiger partial charge in [-0.05, 0) is 38.5 Å². The topological polar surface area (TPSA) is 76.2 Å². The Labute approximate surface area is 158 Å². The van der Waals surface area contributed by atoms with E-state index in [0.717, 1.165) is 16.8 Å². The second kappa shape index (κ2) is 7.53. The van der Waals surface area contributed by atoms with Crippen molar-refractivity contribution in [1.29, 1.82) is 0 Å². The second-order valence-corrected chi connectivity index (χ2v) is 6.45. The fourth-order valence-electron chi connectivity index (χ4n) is 2.98. The number of ether oxygens (including phenoxy) is 2. The Morgan fingerprint density at radius 3 is 2.26 bits per heavy atom. The smallest absolute Gasteiger partial charge is 0.256 e. The van der Waals surface area contributed by atoms with Crippen LogP contribution in [0.5, 0.6) is 11.5 Å². The van der Waals surface area contributed by atoms with Gasteiger partial charge in [-0.3, -0.25) is 9.89 Å². The average Bonchev–Trinajstić information content (AvgIpc) is 3.01. The van der Waals surface area contributed by atoms with Crippen LogP contribution < -0.4 is 14.8 Å². The molecule has 6 heteroatoms. The Hall–Kier alpha value is -3.28. The molecule has 27 heavy (non-hydrogen) atoms. The molecule has 0 saturated heterocycles. The fourth-order valence-corrected chi connectivity index (χ4v) is 2.98. The molecule has 0 aliphatic carbocycles. The number of anilines is 1. The van der Waals surface area contributed by atoms with Crippen molar-refractivity contribution in [2.45, 2.75) is 20.8 Å². The third-order valence-corrected chi connectivity index (χ3v) is 4.44. The summed E-state index contributed by atoms with van der Waals surface area (Å²) in [6.45, 7) is 5.96. The number of amides is 1. The maximum Gasteiger partial charge on any atom is 0.256 e. The third-order valence-electron chi connectivity index (χ3n) is 4.44. The highest BCUT2D eigenvalue weighted by atomic mass is 16.5. The summed E-state index contributed by atoms with van der Waals surface area (Å²) < 4.78 is 10.5. The summed E-state index contributed by atoms with van der Waals surface area (Å²) in [5.74, 6) is 0.846. The number of aromatic nitrogens is 2. The Bertz CT molecular complexity index is 970. The van der Waals surface area contributed by atoms with Crippen LogP contribution in [0.15, 0.2) is 36.4 Å². The van der Waals surface area contributed by atoms with Gasteiger partial charge in [0.05, 0.1) is 25.6 Å². The molecule has 0 spiro atoms. The van der Waals surface area contributed by atoms with Crippen LogP contribution in [-0.4, -0.2) is 30.3 Å². The van der Waals surface area contributed by atoms with Gasteiger partial charge in [0.25, 0.3) is 5.91 Å². The summed E-state index contributed by atoms with van der Waals surface area (Å²) in [4.78, 5) is 12.9. The minimum Gasteiger partial charge on any atom is -0.497 e. The molecule has 0 bridgehead atoms. The van der Waals surface area contributed by atoms with Gasteiger partial charge in [0.1, 0.15) is 17.2 Å². The van der Waals surface area contributed by atoms with E-state index < -0.39 is 0 Å². The first-order valence-corrected chi connectivity index (χ1v) is 8.60. The van der Waals surface area contributed by atoms with Crippen LogP contribution >= 0.6 is 0 Å². The normalized spacial score (nSPS) is 10.6. The first-order valence-electron chi connectivity index (χ1n) is 8.60. The molecule has 0 unspecified atom stereocenters. The van der Waals surface area contributed by atoms with Gasteiger partial charge in [0.15, 0.2) is 0 Å². The molecule has 3 aromatic rings. The summed E-state index contributed by atoms with van der Waals surface area (Å²) in [6.07, 6.45) is 0. The summed E-state index contributed by atoms with van der Waals surface area (Å²) in [5, 5.41) is 10.3. The molecule has 0 aliphatic rings. The standard InChI is InChI=1S/C21H23N3O3/c1-12-6-7-18(13(2)8-12)20-19(14(3)23-24-20)22-21(25)15-9-16(26-4)11-17(10-15)27-5/h6-11H,1-5H3,(H,22,25)(H,23,24). The van der Waals surface area contributed by atoms with Crippen LogP contribution in [0.1, 0.15) is 27.2 Å². The minimum absolute atomic E-state index is 0.261. The lowest BCUT2D eigenvalue weighted by Crippen LogP contribution is -2.13. The van der Waals surface area contributed by atoms with Gasteiger partial charge in [-0.25, -0.2) is 0 Å². The van der Waals surface area contributed by atoms with E-state index in [0.29, 0.717) is 28.4 Å². The van der Waals surface area contributed by atoms with Crippen LogP contribution in [0.25, 0.3) is 11.3 Å². The van der Waals surface area contributed by atoms with Gasteiger partial charge >= 0.3 is 0 Å². The summed E-state index contributed by atoms with van der Waals surface area (Å²) in [5.41, 5.74) is 5.86. The summed E-state index contributed by atoms with van der Waals surface area (Å²) in [7, 11) is 3.10. The largest absolute Gasteiger partial charge is 0.497 e. The molecule has 0 atom stereocenters. The highest BCUT2D eigenvalue weighted by Gasteiger charge is 2.18. The van der Waals surface area contributed by atoms with Gasteiger partial charge in [-0.2, -0.15) is 5.10 Å². The van der Waals surface area contributed by atoms with Gasteiger partial charge in [0, 0.05) is 17.2 Å². The van der Waals surface area contributed by atoms with Gasteiger partial charge in [-0.1, -0.05) is 23.8 Å². The van der Waals surface area contributed by atoms with E-state index in [1.807, 2.05) is 32.9 Å². The Morgan fingerprint density at radius 1 is 1.00 bits per heavy atom. The van der Waals surface area contributed by atoms with Crippen LogP contribution in [0.3, 0.4) is 0 Å². The van der Waals surface area contributed by atoms with E-state index >= 15 is 0 Å². The minimum atomic E-state index is -0.261. The van der Waals surface area contributed by atoms with Gasteiger partial charge in [-0.15, -0.1) is 0 Å². The molecule has 2 N–H and O–H groups in total. The van der Waals surface area contributed by atoms with E-state index in [9.17, 15) is 4.79 Å². The van der Waals surface area contributed by atoms with Crippen LogP contribution in [0.4, 0.5) is 5.69 Å². The van der Waals surface area contributed by atoms with Crippen molar-refractivity contribution in [3.8, 4) is 22.8 Å². The number of hydrogen-bond acceptors (Lipinski definition) is 4. The highest BCUT2D eigenvalue weighted by Crippen LogP contribution is 2.32. The molecule has 1 heterocycles. The predicted octanol–water partition coefficient (Wildman–Crippen LogP) is 4.27. The quantitative estimate of drug-likeness (QED) is 0.708. The molecule has 0 aliphatic heterocycles. The Morgan fingerprint density at radius 2 is 1.67 bits per heavy atom. The average molecular weight is 365 g/mol. The zero-order chi connectivity index (χ0) is 19.6. The molecular formula is C21H23N3O3. The number of methoxy groups -OCH3 is 2. The molecule has 1 aromatic heterocycles. The second-order valence-electron chi connectivity index (χ2n) is 6.45. The zero-order valence-electron chi connectivity index (χ0n) is 16.1. The zero-order valence-corrected chi connectivity index (χ0v) is 16.1. The van der Waals surface area contributed by atoms with Crippen LogP contribution in [0, 0.1) is 20.8 Å². The number of aromatic amines is 1. The van der Waals surface area contributed by atoms with Crippen molar-refractivity contribution in [2.75, 3.05) is 19.5 Å². The molecule has 1 amide bonds. The Balaban J connectivity index is 1.97. The molecule has 0 fully saturated rings. The first kappa shape index (κ1) is 18.5. The molecule has 2 aromatic carbocycles. The number of hydrogen-bond donors (Lipinski definition) is 2. The maximum atomic E-state index is 12.9. The van der Waals surface area contributed by atoms with Crippen LogP contribution in [0.2, 0.25) is 0 Å². The fraction of sp³-hybridized carbons (Fsp3) is 0.238. The number of benzene rings is 2. The molecular weight excluding hydrogens is 342 g/mol. The van der Waals surface area contributed by atoms with Crippen molar-refractivity contribution in [1.82, 2.24) is 10.2 Å². The molecule has 6 nitrogen and oxygen atoms in total.